The molecule has 194 valence electrons. The van der Waals surface area contributed by atoms with Crippen molar-refractivity contribution >= 4 is 23.2 Å². The van der Waals surface area contributed by atoms with Gasteiger partial charge in [0, 0.05) is 42.7 Å². The molecule has 0 saturated carbocycles. The Morgan fingerprint density at radius 2 is 1.95 bits per heavy atom. The van der Waals surface area contributed by atoms with E-state index in [4.69, 9.17) is 9.47 Å². The number of amides is 2. The summed E-state index contributed by atoms with van der Waals surface area (Å²) in [6.07, 6.45) is 4.37. The smallest absolute Gasteiger partial charge is 0.255 e. The molecule has 3 aromatic rings. The Bertz CT molecular complexity index is 1280. The van der Waals surface area contributed by atoms with Crippen molar-refractivity contribution in [2.45, 2.75) is 32.1 Å². The number of hydrogen-bond acceptors (Lipinski definition) is 8. The second kappa shape index (κ2) is 11.2. The summed E-state index contributed by atoms with van der Waals surface area (Å²) in [5.74, 6) is -0.705. The Morgan fingerprint density at radius 1 is 1.16 bits per heavy atom. The maximum Gasteiger partial charge on any atom is 0.255 e. The molecule has 1 fully saturated rings. The summed E-state index contributed by atoms with van der Waals surface area (Å²) in [5.41, 5.74) is -0.0275. The van der Waals surface area contributed by atoms with Gasteiger partial charge in [0.1, 0.15) is 29.6 Å². The molecule has 10 nitrogen and oxygen atoms in total. The van der Waals surface area contributed by atoms with Crippen molar-refractivity contribution < 1.29 is 27.8 Å². The van der Waals surface area contributed by atoms with Crippen LogP contribution in [0, 0.1) is 12.7 Å². The lowest BCUT2D eigenvalue weighted by Crippen LogP contribution is -2.59. The number of methoxy groups -OCH3 is 1. The van der Waals surface area contributed by atoms with E-state index in [0.717, 1.165) is 0 Å². The van der Waals surface area contributed by atoms with E-state index in [-0.39, 0.29) is 37.4 Å². The van der Waals surface area contributed by atoms with E-state index in [1.165, 1.54) is 31.8 Å². The zero-order chi connectivity index (χ0) is 26.4. The van der Waals surface area contributed by atoms with E-state index in [1.807, 2.05) is 0 Å². The predicted molar refractivity (Wildman–Crippen MR) is 130 cm³/mol. The van der Waals surface area contributed by atoms with Gasteiger partial charge in [-0.3, -0.25) is 14.6 Å². The summed E-state index contributed by atoms with van der Waals surface area (Å²) in [6.45, 7) is 0.983. The first kappa shape index (κ1) is 25.9. The molecule has 1 aliphatic rings. The average molecular weight is 513 g/mol. The number of halogens is 2. The molecule has 2 amide bonds. The SMILES string of the molecule is COc1ccc(Nc2cnc(CNC(=O)[C@]3(NC(=O)c4cnc(C)nc4)CCOC3)c(F)c2)c(CF)c1. The molecule has 3 N–H and O–H groups in total. The molecule has 0 spiro atoms. The van der Waals surface area contributed by atoms with E-state index in [9.17, 15) is 18.4 Å². The summed E-state index contributed by atoms with van der Waals surface area (Å²) in [6, 6.07) is 6.03. The number of benzene rings is 1. The quantitative estimate of drug-likeness (QED) is 0.400. The Hall–Kier alpha value is -4.19. The van der Waals surface area contributed by atoms with Crippen molar-refractivity contribution in [1.82, 2.24) is 25.6 Å². The van der Waals surface area contributed by atoms with E-state index in [2.05, 4.69) is 30.9 Å². The van der Waals surface area contributed by atoms with E-state index < -0.39 is 29.8 Å². The van der Waals surface area contributed by atoms with Crippen LogP contribution < -0.4 is 20.7 Å². The Labute approximate surface area is 211 Å². The fraction of sp³-hybridized carbons (Fsp3) is 0.320. The Balaban J connectivity index is 1.41. The van der Waals surface area contributed by atoms with Crippen LogP contribution in [-0.2, 0) is 22.8 Å². The number of aromatic nitrogens is 3. The molecule has 0 radical (unpaired) electrons. The first-order valence-electron chi connectivity index (χ1n) is 11.4. The van der Waals surface area contributed by atoms with Gasteiger partial charge in [0.25, 0.3) is 5.91 Å². The molecule has 2 aromatic heterocycles. The summed E-state index contributed by atoms with van der Waals surface area (Å²) < 4.78 is 38.7. The molecule has 1 atom stereocenters. The van der Waals surface area contributed by atoms with Gasteiger partial charge in [-0.2, -0.15) is 0 Å². The fourth-order valence-electron chi connectivity index (χ4n) is 3.78. The predicted octanol–water partition coefficient (Wildman–Crippen LogP) is 2.75. The van der Waals surface area contributed by atoms with Crippen LogP contribution in [0.25, 0.3) is 0 Å². The molecule has 1 aromatic carbocycles. The molecule has 0 unspecified atom stereocenters. The molecule has 4 rings (SSSR count). The number of ether oxygens (including phenoxy) is 2. The highest BCUT2D eigenvalue weighted by atomic mass is 19.1. The van der Waals surface area contributed by atoms with Crippen LogP contribution in [0.2, 0.25) is 0 Å². The number of nitrogens with one attached hydrogen (secondary N) is 3. The lowest BCUT2D eigenvalue weighted by molar-refractivity contribution is -0.127. The first-order valence-corrected chi connectivity index (χ1v) is 11.4. The third kappa shape index (κ3) is 5.97. The maximum absolute atomic E-state index is 14.8. The zero-order valence-electron chi connectivity index (χ0n) is 20.3. The minimum atomic E-state index is -1.32. The van der Waals surface area contributed by atoms with Crippen LogP contribution in [0.4, 0.5) is 20.2 Å². The Kier molecular flexibility index (Phi) is 7.87. The molecule has 12 heteroatoms. The van der Waals surface area contributed by atoms with Crippen LogP contribution in [0.15, 0.2) is 42.9 Å². The van der Waals surface area contributed by atoms with Gasteiger partial charge in [-0.25, -0.2) is 18.7 Å². The maximum atomic E-state index is 14.8. The molecule has 0 bridgehead atoms. The third-order valence-corrected chi connectivity index (χ3v) is 5.92. The monoisotopic (exact) mass is 512 g/mol. The minimum Gasteiger partial charge on any atom is -0.497 e. The number of pyridine rings is 1. The summed E-state index contributed by atoms with van der Waals surface area (Å²) >= 11 is 0. The van der Waals surface area contributed by atoms with Gasteiger partial charge in [-0.1, -0.05) is 0 Å². The van der Waals surface area contributed by atoms with Crippen LogP contribution in [-0.4, -0.2) is 52.6 Å². The van der Waals surface area contributed by atoms with E-state index in [1.54, 1.807) is 25.1 Å². The van der Waals surface area contributed by atoms with Crippen molar-refractivity contribution in [3.63, 3.8) is 0 Å². The number of hydrogen-bond donors (Lipinski definition) is 3. The first-order chi connectivity index (χ1) is 17.8. The second-order valence-electron chi connectivity index (χ2n) is 8.47. The lowest BCUT2D eigenvalue weighted by Gasteiger charge is -2.27. The standard InChI is InChI=1S/C25H26F2N6O4/c1-15-28-10-17(11-29-15)23(34)33-25(5-6-37-14-25)24(35)31-13-22-20(27)8-18(12-30-22)32-21-4-3-19(36-2)7-16(21)9-26/h3-4,7-8,10-12,32H,5-6,9,13-14H2,1-2H3,(H,31,35)(H,33,34)/t25-/m0/s1. The van der Waals surface area contributed by atoms with Crippen molar-refractivity contribution in [3.8, 4) is 5.75 Å². The van der Waals surface area contributed by atoms with Crippen molar-refractivity contribution in [2.75, 3.05) is 25.6 Å². The topological polar surface area (TPSA) is 127 Å². The normalized spacial score (nSPS) is 16.8. The number of carbonyl (C=O) groups excluding carboxylic acids is 2. The van der Waals surface area contributed by atoms with Crippen LogP contribution in [0.1, 0.15) is 33.9 Å². The highest BCUT2D eigenvalue weighted by Gasteiger charge is 2.44. The molecule has 3 heterocycles. The fourth-order valence-corrected chi connectivity index (χ4v) is 3.78. The van der Waals surface area contributed by atoms with Gasteiger partial charge in [-0.05, 0) is 25.1 Å². The van der Waals surface area contributed by atoms with Gasteiger partial charge in [0.15, 0.2) is 0 Å². The van der Waals surface area contributed by atoms with E-state index in [0.29, 0.717) is 28.5 Å². The molecule has 0 aliphatic carbocycles. The molecular weight excluding hydrogens is 486 g/mol. The molecule has 1 saturated heterocycles. The minimum absolute atomic E-state index is 0.00771. The van der Waals surface area contributed by atoms with Gasteiger partial charge >= 0.3 is 0 Å². The van der Waals surface area contributed by atoms with Crippen molar-refractivity contribution in [3.05, 3.63) is 71.3 Å². The summed E-state index contributed by atoms with van der Waals surface area (Å²) in [5, 5.41) is 8.29. The van der Waals surface area contributed by atoms with Crippen LogP contribution in [0.3, 0.4) is 0 Å². The van der Waals surface area contributed by atoms with Crippen molar-refractivity contribution in [1.29, 1.82) is 0 Å². The summed E-state index contributed by atoms with van der Waals surface area (Å²) in [4.78, 5) is 37.8. The highest BCUT2D eigenvalue weighted by Crippen LogP contribution is 2.27. The largest absolute Gasteiger partial charge is 0.497 e. The van der Waals surface area contributed by atoms with Crippen LogP contribution in [0.5, 0.6) is 5.75 Å². The number of rotatable bonds is 9. The number of anilines is 2. The van der Waals surface area contributed by atoms with Gasteiger partial charge in [-0.15, -0.1) is 0 Å². The molecule has 37 heavy (non-hydrogen) atoms. The molecular formula is C25H26F2N6O4. The van der Waals surface area contributed by atoms with E-state index >= 15 is 0 Å². The number of nitrogens with zero attached hydrogens (tertiary/aromatic N) is 3. The lowest BCUT2D eigenvalue weighted by atomic mass is 9.96. The number of carbonyl (C=O) groups is 2. The summed E-state index contributed by atoms with van der Waals surface area (Å²) in [7, 11) is 1.48. The molecule has 1 aliphatic heterocycles. The average Bonchev–Trinajstić information content (AvgIpc) is 3.38. The van der Waals surface area contributed by atoms with Gasteiger partial charge < -0.3 is 25.4 Å². The van der Waals surface area contributed by atoms with Gasteiger partial charge in [0.05, 0.1) is 43.4 Å². The Morgan fingerprint density at radius 3 is 2.59 bits per heavy atom. The second-order valence-corrected chi connectivity index (χ2v) is 8.47. The number of alkyl halides is 1. The van der Waals surface area contributed by atoms with Crippen LogP contribution >= 0.6 is 0 Å². The van der Waals surface area contributed by atoms with Gasteiger partial charge in [0.2, 0.25) is 5.91 Å². The highest BCUT2D eigenvalue weighted by molar-refractivity contribution is 5.99. The zero-order valence-corrected chi connectivity index (χ0v) is 20.3. The third-order valence-electron chi connectivity index (χ3n) is 5.92. The van der Waals surface area contributed by atoms with Crippen molar-refractivity contribution in [2.24, 2.45) is 0 Å². The number of aryl methyl sites for hydroxylation is 1.